The Morgan fingerprint density at radius 2 is 2.12 bits per heavy atom. The first-order valence-corrected chi connectivity index (χ1v) is 5.72. The maximum Gasteiger partial charge on any atom is 0.0824 e. The molecule has 2 rings (SSSR count). The van der Waals surface area contributed by atoms with E-state index in [2.05, 4.69) is 10.3 Å². The van der Waals surface area contributed by atoms with Crippen molar-refractivity contribution < 1.29 is 0 Å². The molecular formula is C12H10Cl2N2. The summed E-state index contributed by atoms with van der Waals surface area (Å²) in [5.41, 5.74) is 2.87. The maximum absolute atomic E-state index is 6.00. The molecule has 0 fully saturated rings. The van der Waals surface area contributed by atoms with E-state index in [-0.39, 0.29) is 0 Å². The molecule has 1 aromatic heterocycles. The first-order valence-electron chi connectivity index (χ1n) is 4.81. The number of nitrogens with zero attached hydrogens (tertiary/aromatic N) is 1. The van der Waals surface area contributed by atoms with Crippen LogP contribution in [0, 0.1) is 0 Å². The molecule has 0 aliphatic heterocycles. The third-order valence-electron chi connectivity index (χ3n) is 2.13. The number of alkyl halides is 1. The van der Waals surface area contributed by atoms with E-state index in [1.807, 2.05) is 30.3 Å². The van der Waals surface area contributed by atoms with Crippen molar-refractivity contribution in [3.8, 4) is 0 Å². The number of benzene rings is 1. The molecule has 82 valence electrons. The number of nitrogens with one attached hydrogen (secondary N) is 1. The Morgan fingerprint density at radius 3 is 2.88 bits per heavy atom. The smallest absolute Gasteiger partial charge is 0.0824 e. The van der Waals surface area contributed by atoms with E-state index in [0.29, 0.717) is 10.9 Å². The lowest BCUT2D eigenvalue weighted by Gasteiger charge is -2.08. The molecule has 0 amide bonds. The molecular weight excluding hydrogens is 243 g/mol. The SMILES string of the molecule is ClCc1cccc(Nc2ccncc2Cl)c1. The molecule has 0 unspecified atom stereocenters. The Balaban J connectivity index is 2.24. The number of hydrogen-bond acceptors (Lipinski definition) is 2. The van der Waals surface area contributed by atoms with Crippen LogP contribution in [0.5, 0.6) is 0 Å². The first kappa shape index (κ1) is 11.2. The Morgan fingerprint density at radius 1 is 1.25 bits per heavy atom. The Hall–Kier alpha value is -1.25. The van der Waals surface area contributed by atoms with Crippen LogP contribution >= 0.6 is 23.2 Å². The van der Waals surface area contributed by atoms with Gasteiger partial charge in [-0.25, -0.2) is 0 Å². The lowest BCUT2D eigenvalue weighted by molar-refractivity contribution is 1.32. The highest BCUT2D eigenvalue weighted by atomic mass is 35.5. The van der Waals surface area contributed by atoms with Crippen molar-refractivity contribution in [2.75, 3.05) is 5.32 Å². The average molecular weight is 253 g/mol. The third kappa shape index (κ3) is 2.65. The molecule has 1 aromatic carbocycles. The highest BCUT2D eigenvalue weighted by Crippen LogP contribution is 2.24. The van der Waals surface area contributed by atoms with E-state index in [0.717, 1.165) is 16.9 Å². The van der Waals surface area contributed by atoms with Crippen molar-refractivity contribution >= 4 is 34.6 Å². The van der Waals surface area contributed by atoms with E-state index in [1.54, 1.807) is 12.4 Å². The van der Waals surface area contributed by atoms with Gasteiger partial charge in [-0.2, -0.15) is 0 Å². The largest absolute Gasteiger partial charge is 0.354 e. The summed E-state index contributed by atoms with van der Waals surface area (Å²) in [6, 6.07) is 9.72. The molecule has 0 saturated heterocycles. The molecule has 0 atom stereocenters. The number of halogens is 2. The van der Waals surface area contributed by atoms with Crippen LogP contribution < -0.4 is 5.32 Å². The van der Waals surface area contributed by atoms with Crippen LogP contribution in [0.25, 0.3) is 0 Å². The van der Waals surface area contributed by atoms with E-state index in [1.165, 1.54) is 0 Å². The molecule has 0 radical (unpaired) electrons. The quantitative estimate of drug-likeness (QED) is 0.828. The molecule has 0 aliphatic rings. The molecule has 2 aromatic rings. The summed E-state index contributed by atoms with van der Waals surface area (Å²) in [5.74, 6) is 0.500. The van der Waals surface area contributed by atoms with Crippen LogP contribution in [0.1, 0.15) is 5.56 Å². The number of hydrogen-bond donors (Lipinski definition) is 1. The first-order chi connectivity index (χ1) is 7.79. The van der Waals surface area contributed by atoms with Gasteiger partial charge in [0.1, 0.15) is 0 Å². The van der Waals surface area contributed by atoms with Gasteiger partial charge in [-0.15, -0.1) is 11.6 Å². The normalized spacial score (nSPS) is 10.1. The van der Waals surface area contributed by atoms with Crippen molar-refractivity contribution in [2.24, 2.45) is 0 Å². The minimum atomic E-state index is 0.500. The van der Waals surface area contributed by atoms with Crippen LogP contribution in [-0.4, -0.2) is 4.98 Å². The Kier molecular flexibility index (Phi) is 3.65. The third-order valence-corrected chi connectivity index (χ3v) is 2.74. The van der Waals surface area contributed by atoms with Crippen molar-refractivity contribution in [1.82, 2.24) is 4.98 Å². The second kappa shape index (κ2) is 5.19. The van der Waals surface area contributed by atoms with Crippen LogP contribution in [-0.2, 0) is 5.88 Å². The van der Waals surface area contributed by atoms with E-state index in [4.69, 9.17) is 23.2 Å². The summed E-state index contributed by atoms with van der Waals surface area (Å²) >= 11 is 11.8. The van der Waals surface area contributed by atoms with Crippen molar-refractivity contribution in [3.05, 3.63) is 53.3 Å². The zero-order chi connectivity index (χ0) is 11.4. The van der Waals surface area contributed by atoms with Gasteiger partial charge in [0.15, 0.2) is 0 Å². The van der Waals surface area contributed by atoms with Gasteiger partial charge in [0, 0.05) is 24.0 Å². The highest BCUT2D eigenvalue weighted by Gasteiger charge is 2.00. The topological polar surface area (TPSA) is 24.9 Å². The second-order valence-electron chi connectivity index (χ2n) is 3.31. The van der Waals surface area contributed by atoms with Gasteiger partial charge in [-0.3, -0.25) is 4.98 Å². The summed E-state index contributed by atoms with van der Waals surface area (Å²) in [5, 5.41) is 3.81. The molecule has 1 heterocycles. The van der Waals surface area contributed by atoms with Gasteiger partial charge in [-0.1, -0.05) is 23.7 Å². The highest BCUT2D eigenvalue weighted by molar-refractivity contribution is 6.33. The summed E-state index contributed by atoms with van der Waals surface area (Å²) in [6.07, 6.45) is 3.30. The summed E-state index contributed by atoms with van der Waals surface area (Å²) in [6.45, 7) is 0. The predicted molar refractivity (Wildman–Crippen MR) is 68.5 cm³/mol. The van der Waals surface area contributed by atoms with Gasteiger partial charge in [0.2, 0.25) is 0 Å². The van der Waals surface area contributed by atoms with Crippen molar-refractivity contribution in [1.29, 1.82) is 0 Å². The standard InChI is InChI=1S/C12H10Cl2N2/c13-7-9-2-1-3-10(6-9)16-12-4-5-15-8-11(12)14/h1-6,8H,7H2,(H,15,16). The van der Waals surface area contributed by atoms with Crippen LogP contribution in [0.15, 0.2) is 42.7 Å². The minimum Gasteiger partial charge on any atom is -0.354 e. The van der Waals surface area contributed by atoms with E-state index in [9.17, 15) is 0 Å². The molecule has 0 aliphatic carbocycles. The lowest BCUT2D eigenvalue weighted by Crippen LogP contribution is -1.92. The molecule has 0 bridgehead atoms. The number of pyridine rings is 1. The van der Waals surface area contributed by atoms with Crippen LogP contribution in [0.2, 0.25) is 5.02 Å². The molecule has 0 saturated carbocycles. The Labute approximate surface area is 104 Å². The molecule has 1 N–H and O–H groups in total. The molecule has 16 heavy (non-hydrogen) atoms. The minimum absolute atomic E-state index is 0.500. The van der Waals surface area contributed by atoms with E-state index >= 15 is 0 Å². The summed E-state index contributed by atoms with van der Waals surface area (Å²) < 4.78 is 0. The number of aromatic nitrogens is 1. The summed E-state index contributed by atoms with van der Waals surface area (Å²) in [4.78, 5) is 3.93. The van der Waals surface area contributed by atoms with Gasteiger partial charge in [0.05, 0.1) is 10.7 Å². The van der Waals surface area contributed by atoms with Gasteiger partial charge in [-0.05, 0) is 23.8 Å². The molecule has 2 nitrogen and oxygen atoms in total. The van der Waals surface area contributed by atoms with Gasteiger partial charge >= 0.3 is 0 Å². The predicted octanol–water partition coefficient (Wildman–Crippen LogP) is 4.22. The number of anilines is 2. The lowest BCUT2D eigenvalue weighted by atomic mass is 10.2. The fourth-order valence-corrected chi connectivity index (χ4v) is 1.70. The fourth-order valence-electron chi connectivity index (χ4n) is 1.36. The van der Waals surface area contributed by atoms with Crippen LogP contribution in [0.3, 0.4) is 0 Å². The monoisotopic (exact) mass is 252 g/mol. The number of rotatable bonds is 3. The van der Waals surface area contributed by atoms with Crippen LogP contribution in [0.4, 0.5) is 11.4 Å². The molecule has 4 heteroatoms. The van der Waals surface area contributed by atoms with Gasteiger partial charge < -0.3 is 5.32 Å². The zero-order valence-corrected chi connectivity index (χ0v) is 9.96. The fraction of sp³-hybridized carbons (Fsp3) is 0.0833. The maximum atomic E-state index is 6.00. The van der Waals surface area contributed by atoms with E-state index < -0.39 is 0 Å². The average Bonchev–Trinajstić information content (AvgIpc) is 2.32. The van der Waals surface area contributed by atoms with Crippen molar-refractivity contribution in [2.45, 2.75) is 5.88 Å². The second-order valence-corrected chi connectivity index (χ2v) is 3.99. The Bertz CT molecular complexity index is 486. The zero-order valence-electron chi connectivity index (χ0n) is 8.45. The van der Waals surface area contributed by atoms with Gasteiger partial charge in [0.25, 0.3) is 0 Å². The molecule has 0 spiro atoms. The van der Waals surface area contributed by atoms with Crippen molar-refractivity contribution in [3.63, 3.8) is 0 Å². The summed E-state index contributed by atoms with van der Waals surface area (Å²) in [7, 11) is 0.